The maximum atomic E-state index is 14.9. The minimum absolute atomic E-state index is 0.0757. The number of hydrogen-bond acceptors (Lipinski definition) is 3. The van der Waals surface area contributed by atoms with Gasteiger partial charge in [0.2, 0.25) is 5.82 Å². The summed E-state index contributed by atoms with van der Waals surface area (Å²) >= 11 is 0. The summed E-state index contributed by atoms with van der Waals surface area (Å²) in [6.45, 7) is 5.35. The van der Waals surface area contributed by atoms with E-state index < -0.39 is 23.7 Å². The smallest absolute Gasteiger partial charge is 0.201 e. The van der Waals surface area contributed by atoms with Crippen LogP contribution in [0.2, 0.25) is 0 Å². The summed E-state index contributed by atoms with van der Waals surface area (Å²) in [4.78, 5) is 0. The van der Waals surface area contributed by atoms with E-state index in [1.807, 2.05) is 19.1 Å². The molecule has 0 saturated carbocycles. The van der Waals surface area contributed by atoms with Gasteiger partial charge in [0.05, 0.1) is 19.8 Å². The highest BCUT2D eigenvalue weighted by Crippen LogP contribution is 2.33. The van der Waals surface area contributed by atoms with E-state index in [2.05, 4.69) is 6.92 Å². The molecule has 0 unspecified atom stereocenters. The number of halogens is 3. The van der Waals surface area contributed by atoms with Crippen LogP contribution >= 0.6 is 0 Å². The second kappa shape index (κ2) is 12.9. The largest absolute Gasteiger partial charge is 0.490 e. The number of allylic oxidation sites excluding steroid dienone is 1. The minimum atomic E-state index is -0.987. The highest BCUT2D eigenvalue weighted by Gasteiger charge is 2.24. The van der Waals surface area contributed by atoms with Crippen molar-refractivity contribution in [3.8, 4) is 28.0 Å². The van der Waals surface area contributed by atoms with Crippen molar-refractivity contribution in [1.82, 2.24) is 0 Å². The standard InChI is InChI=1S/C31H33F3O3/c1-3-5-6-7-17-35-28-16-15-25(29(33)30(28)34)23-11-9-22(10-12-23)24-13-14-26(27(32)18-24)31-36-19-21(8-4-2)20-37-31/h4,8-16,18,21,31H,3,5-7,17,19-20H2,1-2H3/b8-4+. The van der Waals surface area contributed by atoms with Crippen LogP contribution in [0.25, 0.3) is 22.3 Å². The van der Waals surface area contributed by atoms with E-state index in [0.29, 0.717) is 36.5 Å². The van der Waals surface area contributed by atoms with Gasteiger partial charge >= 0.3 is 0 Å². The number of unbranched alkanes of at least 4 members (excludes halogenated alkanes) is 3. The number of benzene rings is 3. The monoisotopic (exact) mass is 510 g/mol. The number of hydrogen-bond donors (Lipinski definition) is 0. The maximum Gasteiger partial charge on any atom is 0.201 e. The van der Waals surface area contributed by atoms with Crippen LogP contribution < -0.4 is 4.74 Å². The molecule has 3 nitrogen and oxygen atoms in total. The van der Waals surface area contributed by atoms with Gasteiger partial charge in [-0.2, -0.15) is 4.39 Å². The molecule has 1 aliphatic heterocycles. The fourth-order valence-corrected chi connectivity index (χ4v) is 4.40. The Labute approximate surface area is 216 Å². The zero-order chi connectivity index (χ0) is 26.2. The third kappa shape index (κ3) is 6.62. The molecule has 0 amide bonds. The molecule has 1 heterocycles. The van der Waals surface area contributed by atoms with Gasteiger partial charge in [0.1, 0.15) is 5.82 Å². The van der Waals surface area contributed by atoms with E-state index >= 15 is 0 Å². The quantitative estimate of drug-likeness (QED) is 0.202. The predicted octanol–water partition coefficient (Wildman–Crippen LogP) is 8.63. The number of rotatable bonds is 10. The van der Waals surface area contributed by atoms with Crippen LogP contribution in [0.1, 0.15) is 51.4 Å². The Bertz CT molecular complexity index is 1200. The molecule has 0 radical (unpaired) electrons. The summed E-state index contributed by atoms with van der Waals surface area (Å²) in [5.74, 6) is -2.26. The van der Waals surface area contributed by atoms with Gasteiger partial charge in [0, 0.05) is 17.0 Å². The highest BCUT2D eigenvalue weighted by atomic mass is 19.2. The Balaban J connectivity index is 1.44. The molecule has 1 saturated heterocycles. The van der Waals surface area contributed by atoms with Crippen LogP contribution in [-0.2, 0) is 9.47 Å². The third-order valence-corrected chi connectivity index (χ3v) is 6.47. The van der Waals surface area contributed by atoms with Gasteiger partial charge in [-0.25, -0.2) is 8.78 Å². The van der Waals surface area contributed by atoms with Crippen LogP contribution in [0.4, 0.5) is 13.2 Å². The van der Waals surface area contributed by atoms with E-state index in [4.69, 9.17) is 14.2 Å². The zero-order valence-corrected chi connectivity index (χ0v) is 21.3. The average Bonchev–Trinajstić information content (AvgIpc) is 2.92. The van der Waals surface area contributed by atoms with Crippen molar-refractivity contribution in [2.24, 2.45) is 5.92 Å². The van der Waals surface area contributed by atoms with Crippen molar-refractivity contribution in [2.45, 2.75) is 45.8 Å². The Hall–Kier alpha value is -3.09. The van der Waals surface area contributed by atoms with Crippen molar-refractivity contribution < 1.29 is 27.4 Å². The summed E-state index contributed by atoms with van der Waals surface area (Å²) < 4.78 is 61.2. The molecule has 1 fully saturated rings. The summed E-state index contributed by atoms with van der Waals surface area (Å²) in [6, 6.07) is 14.8. The molecular formula is C31H33F3O3. The van der Waals surface area contributed by atoms with Crippen molar-refractivity contribution in [3.63, 3.8) is 0 Å². The topological polar surface area (TPSA) is 27.7 Å². The lowest BCUT2D eigenvalue weighted by Gasteiger charge is -2.28. The second-order valence-corrected chi connectivity index (χ2v) is 9.25. The van der Waals surface area contributed by atoms with E-state index in [9.17, 15) is 13.2 Å². The van der Waals surface area contributed by atoms with Gasteiger partial charge in [0.25, 0.3) is 0 Å². The first kappa shape index (κ1) is 27.0. The fraction of sp³-hybridized carbons (Fsp3) is 0.355. The van der Waals surface area contributed by atoms with E-state index in [0.717, 1.165) is 31.2 Å². The van der Waals surface area contributed by atoms with Gasteiger partial charge < -0.3 is 14.2 Å². The molecular weight excluding hydrogens is 477 g/mol. The summed E-state index contributed by atoms with van der Waals surface area (Å²) in [5, 5.41) is 0. The molecule has 6 heteroatoms. The highest BCUT2D eigenvalue weighted by molar-refractivity contribution is 5.71. The molecule has 0 spiro atoms. The average molecular weight is 511 g/mol. The third-order valence-electron chi connectivity index (χ3n) is 6.47. The second-order valence-electron chi connectivity index (χ2n) is 9.25. The van der Waals surface area contributed by atoms with Crippen LogP contribution in [0.3, 0.4) is 0 Å². The fourth-order valence-electron chi connectivity index (χ4n) is 4.40. The van der Waals surface area contributed by atoms with Crippen molar-refractivity contribution in [2.75, 3.05) is 19.8 Å². The van der Waals surface area contributed by atoms with Gasteiger partial charge in [-0.05, 0) is 48.2 Å². The summed E-state index contributed by atoms with van der Waals surface area (Å²) in [7, 11) is 0. The lowest BCUT2D eigenvalue weighted by molar-refractivity contribution is -0.198. The molecule has 3 aromatic carbocycles. The Morgan fingerprint density at radius 3 is 2.22 bits per heavy atom. The Morgan fingerprint density at radius 2 is 1.54 bits per heavy atom. The van der Waals surface area contributed by atoms with E-state index in [-0.39, 0.29) is 17.2 Å². The van der Waals surface area contributed by atoms with Gasteiger partial charge in [-0.1, -0.05) is 74.7 Å². The predicted molar refractivity (Wildman–Crippen MR) is 140 cm³/mol. The molecule has 3 aromatic rings. The molecule has 0 aliphatic carbocycles. The van der Waals surface area contributed by atoms with Crippen LogP contribution in [0.5, 0.6) is 5.75 Å². The molecule has 0 bridgehead atoms. The molecule has 4 rings (SSSR count). The molecule has 1 aliphatic rings. The number of ether oxygens (including phenoxy) is 3. The molecule has 37 heavy (non-hydrogen) atoms. The van der Waals surface area contributed by atoms with Crippen LogP contribution in [-0.4, -0.2) is 19.8 Å². The molecule has 196 valence electrons. The first-order valence-corrected chi connectivity index (χ1v) is 12.9. The first-order valence-electron chi connectivity index (χ1n) is 12.9. The summed E-state index contributed by atoms with van der Waals surface area (Å²) in [5.41, 5.74) is 2.43. The first-order chi connectivity index (χ1) is 18.0. The maximum absolute atomic E-state index is 14.9. The lowest BCUT2D eigenvalue weighted by Crippen LogP contribution is -2.26. The van der Waals surface area contributed by atoms with Gasteiger partial charge in [-0.15, -0.1) is 0 Å². The zero-order valence-electron chi connectivity index (χ0n) is 21.3. The lowest BCUT2D eigenvalue weighted by atomic mass is 9.98. The van der Waals surface area contributed by atoms with E-state index in [1.165, 1.54) is 18.2 Å². The van der Waals surface area contributed by atoms with Crippen LogP contribution in [0.15, 0.2) is 66.7 Å². The summed E-state index contributed by atoms with van der Waals surface area (Å²) in [6.07, 6.45) is 7.21. The Morgan fingerprint density at radius 1 is 0.838 bits per heavy atom. The van der Waals surface area contributed by atoms with Gasteiger partial charge in [-0.3, -0.25) is 0 Å². The Kier molecular flexibility index (Phi) is 9.42. The SMILES string of the molecule is C/C=C/C1COC(c2ccc(-c3ccc(-c4ccc(OCCCCCC)c(F)c4F)cc3)cc2F)OC1. The van der Waals surface area contributed by atoms with E-state index in [1.54, 1.807) is 36.4 Å². The molecule has 0 N–H and O–H groups in total. The minimum Gasteiger partial charge on any atom is -0.490 e. The van der Waals surface area contributed by atoms with Crippen LogP contribution in [0, 0.1) is 23.4 Å². The van der Waals surface area contributed by atoms with Gasteiger partial charge in [0.15, 0.2) is 17.9 Å². The van der Waals surface area contributed by atoms with Crippen molar-refractivity contribution >= 4 is 0 Å². The van der Waals surface area contributed by atoms with Crippen molar-refractivity contribution in [1.29, 1.82) is 0 Å². The van der Waals surface area contributed by atoms with Crippen molar-refractivity contribution in [3.05, 3.63) is 89.8 Å². The normalized spacial score (nSPS) is 17.9. The molecule has 0 atom stereocenters. The molecule has 0 aromatic heterocycles.